The van der Waals surface area contributed by atoms with E-state index in [1.165, 1.54) is 0 Å². The standard InChI is InChI=1S/C33H36N2O3/c1-4-5-20-27-29(23-14-8-6-9-15-23)30(31(37)24-16-10-7-11-17-24)33(35(27)28(36)21-22(2)3)25-18-12-13-19-26(25)34-32(33)38/h6-19,22,27,29-30H,4-5,20-21H2,1-3H3,(H,34,38). The molecule has 5 nitrogen and oxygen atoms in total. The van der Waals surface area contributed by atoms with E-state index < -0.39 is 11.5 Å². The lowest BCUT2D eigenvalue weighted by molar-refractivity contribution is -0.147. The number of unbranched alkanes of at least 4 members (excludes halogenated alkanes) is 1. The summed E-state index contributed by atoms with van der Waals surface area (Å²) in [6.07, 6.45) is 2.88. The van der Waals surface area contributed by atoms with Crippen LogP contribution >= 0.6 is 0 Å². The van der Waals surface area contributed by atoms with Gasteiger partial charge in [0.2, 0.25) is 5.91 Å². The predicted molar refractivity (Wildman–Crippen MR) is 150 cm³/mol. The van der Waals surface area contributed by atoms with Crippen LogP contribution in [0.5, 0.6) is 0 Å². The Balaban J connectivity index is 1.83. The zero-order valence-corrected chi connectivity index (χ0v) is 22.4. The molecule has 3 aromatic rings. The number of benzene rings is 3. The topological polar surface area (TPSA) is 66.5 Å². The van der Waals surface area contributed by atoms with Crippen LogP contribution in [0.1, 0.15) is 73.9 Å². The van der Waals surface area contributed by atoms with Crippen LogP contribution < -0.4 is 5.32 Å². The maximum Gasteiger partial charge on any atom is 0.255 e. The molecule has 1 N–H and O–H groups in total. The number of para-hydroxylation sites is 1. The molecule has 0 saturated carbocycles. The van der Waals surface area contributed by atoms with Crippen molar-refractivity contribution in [1.29, 1.82) is 0 Å². The zero-order valence-electron chi connectivity index (χ0n) is 22.4. The van der Waals surface area contributed by atoms with Crippen LogP contribution in [0.2, 0.25) is 0 Å². The average Bonchev–Trinajstić information content (AvgIpc) is 3.39. The van der Waals surface area contributed by atoms with Gasteiger partial charge in [-0.05, 0) is 24.0 Å². The van der Waals surface area contributed by atoms with Gasteiger partial charge in [0, 0.05) is 35.2 Å². The first-order chi connectivity index (χ1) is 18.4. The molecule has 0 radical (unpaired) electrons. The second-order valence-electron chi connectivity index (χ2n) is 11.0. The fraction of sp³-hybridized carbons (Fsp3) is 0.364. The van der Waals surface area contributed by atoms with Crippen LogP contribution in [0.4, 0.5) is 5.69 Å². The van der Waals surface area contributed by atoms with Crippen molar-refractivity contribution < 1.29 is 14.4 Å². The number of hydrogen-bond acceptors (Lipinski definition) is 3. The van der Waals surface area contributed by atoms with Crippen molar-refractivity contribution in [3.05, 3.63) is 102 Å². The fourth-order valence-corrected chi connectivity index (χ4v) is 6.64. The van der Waals surface area contributed by atoms with E-state index in [-0.39, 0.29) is 35.5 Å². The van der Waals surface area contributed by atoms with Crippen molar-refractivity contribution in [1.82, 2.24) is 4.90 Å². The number of amides is 2. The number of likely N-dealkylation sites (tertiary alicyclic amines) is 1. The first-order valence-corrected chi connectivity index (χ1v) is 13.8. The first-order valence-electron chi connectivity index (χ1n) is 13.8. The van der Waals surface area contributed by atoms with Gasteiger partial charge < -0.3 is 10.2 Å². The fourth-order valence-electron chi connectivity index (χ4n) is 6.64. The van der Waals surface area contributed by atoms with Crippen molar-refractivity contribution in [2.24, 2.45) is 11.8 Å². The summed E-state index contributed by atoms with van der Waals surface area (Å²) in [6, 6.07) is 26.5. The Labute approximate surface area is 225 Å². The number of ketones is 1. The lowest BCUT2D eigenvalue weighted by Gasteiger charge is -2.39. The Hall–Kier alpha value is -3.73. The summed E-state index contributed by atoms with van der Waals surface area (Å²) in [5.74, 6) is -1.45. The van der Waals surface area contributed by atoms with Crippen LogP contribution in [0.25, 0.3) is 0 Å². The van der Waals surface area contributed by atoms with Crippen LogP contribution in [0.15, 0.2) is 84.9 Å². The number of nitrogens with one attached hydrogen (secondary N) is 1. The van der Waals surface area contributed by atoms with Gasteiger partial charge in [0.25, 0.3) is 5.91 Å². The van der Waals surface area contributed by atoms with Crippen molar-refractivity contribution in [3.63, 3.8) is 0 Å². The van der Waals surface area contributed by atoms with Crippen molar-refractivity contribution in [3.8, 4) is 0 Å². The summed E-state index contributed by atoms with van der Waals surface area (Å²) >= 11 is 0. The Bertz CT molecular complexity index is 1320. The smallest absolute Gasteiger partial charge is 0.255 e. The van der Waals surface area contributed by atoms with Crippen molar-refractivity contribution >= 4 is 23.3 Å². The monoisotopic (exact) mass is 508 g/mol. The Kier molecular flexibility index (Phi) is 7.20. The number of nitrogens with zero attached hydrogens (tertiary/aromatic N) is 1. The SMILES string of the molecule is CCCCC1C(c2ccccc2)C(C(=O)c2ccccc2)C2(C(=O)Nc3ccccc32)N1C(=O)CC(C)C. The first kappa shape index (κ1) is 25.9. The maximum atomic E-state index is 14.6. The summed E-state index contributed by atoms with van der Waals surface area (Å²) in [6.45, 7) is 6.17. The molecule has 2 aliphatic heterocycles. The van der Waals surface area contributed by atoms with Crippen LogP contribution in [-0.4, -0.2) is 28.5 Å². The summed E-state index contributed by atoms with van der Waals surface area (Å²) in [5.41, 5.74) is 1.51. The molecule has 1 saturated heterocycles. The van der Waals surface area contributed by atoms with Gasteiger partial charge >= 0.3 is 0 Å². The third-order valence-electron chi connectivity index (χ3n) is 8.10. The van der Waals surface area contributed by atoms with E-state index in [0.717, 1.165) is 30.4 Å². The zero-order chi connectivity index (χ0) is 26.9. The van der Waals surface area contributed by atoms with E-state index in [9.17, 15) is 14.4 Å². The second kappa shape index (κ2) is 10.6. The molecule has 0 bridgehead atoms. The number of rotatable bonds is 8. The Morgan fingerprint density at radius 2 is 1.55 bits per heavy atom. The third kappa shape index (κ3) is 4.14. The predicted octanol–water partition coefficient (Wildman–Crippen LogP) is 6.56. The van der Waals surface area contributed by atoms with E-state index in [2.05, 4.69) is 12.2 Å². The molecule has 2 heterocycles. The van der Waals surface area contributed by atoms with Gasteiger partial charge in [-0.3, -0.25) is 14.4 Å². The number of fused-ring (bicyclic) bond motifs is 2. The summed E-state index contributed by atoms with van der Waals surface area (Å²) < 4.78 is 0. The molecule has 5 rings (SSSR count). The number of Topliss-reactive ketones (excluding diaryl/α,β-unsaturated/α-hetero) is 1. The van der Waals surface area contributed by atoms with Crippen molar-refractivity contribution in [2.45, 2.75) is 64.0 Å². The van der Waals surface area contributed by atoms with Gasteiger partial charge in [-0.2, -0.15) is 0 Å². The molecule has 196 valence electrons. The molecule has 4 atom stereocenters. The molecular weight excluding hydrogens is 472 g/mol. The van der Waals surface area contributed by atoms with Gasteiger partial charge in [0.15, 0.2) is 11.3 Å². The van der Waals surface area contributed by atoms with Gasteiger partial charge in [-0.1, -0.05) is 112 Å². The molecule has 5 heteroatoms. The molecule has 1 fully saturated rings. The summed E-state index contributed by atoms with van der Waals surface area (Å²) in [7, 11) is 0. The normalized spacial score (nSPS) is 24.1. The molecule has 0 aliphatic carbocycles. The third-order valence-corrected chi connectivity index (χ3v) is 8.10. The number of anilines is 1. The highest BCUT2D eigenvalue weighted by atomic mass is 16.2. The molecule has 4 unspecified atom stereocenters. The van der Waals surface area contributed by atoms with Gasteiger partial charge in [-0.25, -0.2) is 0 Å². The van der Waals surface area contributed by atoms with Gasteiger partial charge in [0.05, 0.1) is 5.92 Å². The summed E-state index contributed by atoms with van der Waals surface area (Å²) in [5, 5.41) is 3.07. The molecule has 2 aliphatic rings. The number of carbonyl (C=O) groups excluding carboxylic acids is 3. The lowest BCUT2D eigenvalue weighted by Crippen LogP contribution is -2.56. The average molecular weight is 509 g/mol. The van der Waals surface area contributed by atoms with Gasteiger partial charge in [0.1, 0.15) is 0 Å². The van der Waals surface area contributed by atoms with Crippen LogP contribution in [0, 0.1) is 11.8 Å². The highest BCUT2D eigenvalue weighted by molar-refractivity contribution is 6.14. The van der Waals surface area contributed by atoms with Crippen molar-refractivity contribution in [2.75, 3.05) is 5.32 Å². The lowest BCUT2D eigenvalue weighted by atomic mass is 9.69. The maximum absolute atomic E-state index is 14.6. The van der Waals surface area contributed by atoms with Crippen LogP contribution in [0.3, 0.4) is 0 Å². The molecule has 2 amide bonds. The largest absolute Gasteiger partial charge is 0.323 e. The molecule has 3 aromatic carbocycles. The van der Waals surface area contributed by atoms with E-state index >= 15 is 0 Å². The van der Waals surface area contributed by atoms with Gasteiger partial charge in [-0.15, -0.1) is 0 Å². The Morgan fingerprint density at radius 1 is 0.921 bits per heavy atom. The molecular formula is C33H36N2O3. The van der Waals surface area contributed by atoms with Crippen LogP contribution in [-0.2, 0) is 15.1 Å². The molecule has 38 heavy (non-hydrogen) atoms. The second-order valence-corrected chi connectivity index (χ2v) is 11.0. The number of hydrogen-bond donors (Lipinski definition) is 1. The minimum absolute atomic E-state index is 0.0720. The highest BCUT2D eigenvalue weighted by Crippen LogP contribution is 2.60. The minimum atomic E-state index is -1.42. The Morgan fingerprint density at radius 3 is 2.21 bits per heavy atom. The molecule has 1 spiro atoms. The minimum Gasteiger partial charge on any atom is -0.323 e. The quantitative estimate of drug-likeness (QED) is 0.350. The highest BCUT2D eigenvalue weighted by Gasteiger charge is 2.69. The number of carbonyl (C=O) groups is 3. The summed E-state index contributed by atoms with van der Waals surface area (Å²) in [4.78, 5) is 45.1. The van der Waals surface area contributed by atoms with E-state index in [1.54, 1.807) is 0 Å². The molecule has 0 aromatic heterocycles. The van der Waals surface area contributed by atoms with E-state index in [0.29, 0.717) is 17.7 Å². The van der Waals surface area contributed by atoms with E-state index in [4.69, 9.17) is 0 Å². The van der Waals surface area contributed by atoms with E-state index in [1.807, 2.05) is 104 Å².